The zero-order chi connectivity index (χ0) is 13.9. The van der Waals surface area contributed by atoms with Crippen molar-refractivity contribution in [1.82, 2.24) is 0 Å². The highest BCUT2D eigenvalue weighted by Crippen LogP contribution is 2.32. The molecule has 1 aromatic rings. The van der Waals surface area contributed by atoms with Crippen molar-refractivity contribution in [3.63, 3.8) is 0 Å². The molecule has 2 unspecified atom stereocenters. The van der Waals surface area contributed by atoms with Crippen LogP contribution in [0.5, 0.6) is 0 Å². The molecular weight excluding hydrogens is 262 g/mol. The van der Waals surface area contributed by atoms with Gasteiger partial charge < -0.3 is 19.3 Å². The van der Waals surface area contributed by atoms with E-state index in [-0.39, 0.29) is 6.61 Å². The SMILES string of the molecule is [N-]=[N+]=N[C@@H]1C2OCC(O2)[C@@H](O)[C@H]1OCc1ccccc1. The molecule has 2 aliphatic heterocycles. The maximum atomic E-state index is 10.2. The van der Waals surface area contributed by atoms with Gasteiger partial charge in [0.25, 0.3) is 0 Å². The largest absolute Gasteiger partial charge is 0.388 e. The maximum absolute atomic E-state index is 10.2. The van der Waals surface area contributed by atoms with Crippen LogP contribution in [0.4, 0.5) is 0 Å². The molecule has 0 radical (unpaired) electrons. The van der Waals surface area contributed by atoms with E-state index in [1.54, 1.807) is 0 Å². The van der Waals surface area contributed by atoms with Crippen molar-refractivity contribution in [3.05, 3.63) is 46.3 Å². The minimum absolute atomic E-state index is 0.286. The van der Waals surface area contributed by atoms with Gasteiger partial charge in [0, 0.05) is 4.91 Å². The highest BCUT2D eigenvalue weighted by molar-refractivity contribution is 5.13. The van der Waals surface area contributed by atoms with E-state index in [1.165, 1.54) is 0 Å². The summed E-state index contributed by atoms with van der Waals surface area (Å²) in [7, 11) is 0. The summed E-state index contributed by atoms with van der Waals surface area (Å²) in [6.07, 6.45) is -2.56. The normalized spacial score (nSPS) is 35.5. The monoisotopic (exact) mass is 277 g/mol. The zero-order valence-electron chi connectivity index (χ0n) is 10.7. The Morgan fingerprint density at radius 2 is 2.20 bits per heavy atom. The first-order chi connectivity index (χ1) is 9.79. The van der Waals surface area contributed by atoms with E-state index in [2.05, 4.69) is 10.0 Å². The van der Waals surface area contributed by atoms with Gasteiger partial charge in [0.2, 0.25) is 0 Å². The number of nitrogens with zero attached hydrogens (tertiary/aromatic N) is 3. The first kappa shape index (κ1) is 13.4. The Balaban J connectivity index is 1.73. The lowest BCUT2D eigenvalue weighted by Gasteiger charge is -2.36. The molecule has 7 heteroatoms. The number of azide groups is 1. The zero-order valence-corrected chi connectivity index (χ0v) is 10.7. The van der Waals surface area contributed by atoms with Crippen LogP contribution in [0.3, 0.4) is 0 Å². The van der Waals surface area contributed by atoms with E-state index in [1.807, 2.05) is 30.3 Å². The van der Waals surface area contributed by atoms with Gasteiger partial charge in [-0.25, -0.2) is 0 Å². The van der Waals surface area contributed by atoms with Gasteiger partial charge in [-0.1, -0.05) is 35.4 Å². The minimum Gasteiger partial charge on any atom is -0.388 e. The third-order valence-electron chi connectivity index (χ3n) is 3.54. The summed E-state index contributed by atoms with van der Waals surface area (Å²) in [6, 6.07) is 8.92. The molecule has 106 valence electrons. The number of ether oxygens (including phenoxy) is 3. The molecule has 0 amide bonds. The van der Waals surface area contributed by atoms with Gasteiger partial charge >= 0.3 is 0 Å². The lowest BCUT2D eigenvalue weighted by molar-refractivity contribution is -0.195. The fraction of sp³-hybridized carbons (Fsp3) is 0.538. The van der Waals surface area contributed by atoms with Crippen molar-refractivity contribution < 1.29 is 19.3 Å². The van der Waals surface area contributed by atoms with Crippen molar-refractivity contribution in [3.8, 4) is 0 Å². The predicted octanol–water partition coefficient (Wildman–Crippen LogP) is 1.37. The van der Waals surface area contributed by atoms with Crippen LogP contribution in [0.1, 0.15) is 5.56 Å². The van der Waals surface area contributed by atoms with E-state index in [0.717, 1.165) is 5.56 Å². The molecule has 2 saturated heterocycles. The second-order valence-corrected chi connectivity index (χ2v) is 4.82. The van der Waals surface area contributed by atoms with Gasteiger partial charge in [-0.3, -0.25) is 0 Å². The molecule has 2 aliphatic rings. The van der Waals surface area contributed by atoms with E-state index in [9.17, 15) is 5.11 Å². The van der Waals surface area contributed by atoms with Crippen LogP contribution in [0.15, 0.2) is 35.4 Å². The first-order valence-electron chi connectivity index (χ1n) is 6.44. The van der Waals surface area contributed by atoms with E-state index in [0.29, 0.717) is 6.61 Å². The van der Waals surface area contributed by atoms with Crippen molar-refractivity contribution in [1.29, 1.82) is 0 Å². The standard InChI is InChI=1S/C13H15N3O4/c14-16-15-10-12(11(17)9-7-19-13(10)20-9)18-6-8-4-2-1-3-5-8/h1-5,9-13,17H,6-7H2/t9?,10-,11+,12-,13?/m0/s1. The Bertz CT molecular complexity index is 506. The Morgan fingerprint density at radius 3 is 2.95 bits per heavy atom. The average molecular weight is 277 g/mol. The number of hydrogen-bond donors (Lipinski definition) is 1. The van der Waals surface area contributed by atoms with E-state index < -0.39 is 30.6 Å². The second-order valence-electron chi connectivity index (χ2n) is 4.82. The Labute approximate surface area is 115 Å². The number of benzene rings is 1. The fourth-order valence-corrected chi connectivity index (χ4v) is 2.51. The fourth-order valence-electron chi connectivity index (χ4n) is 2.51. The van der Waals surface area contributed by atoms with Gasteiger partial charge in [0.05, 0.1) is 19.3 Å². The van der Waals surface area contributed by atoms with Gasteiger partial charge in [0.15, 0.2) is 6.29 Å². The molecule has 2 bridgehead atoms. The average Bonchev–Trinajstić information content (AvgIpc) is 2.92. The van der Waals surface area contributed by atoms with Gasteiger partial charge in [-0.2, -0.15) is 0 Å². The quantitative estimate of drug-likeness (QED) is 0.510. The summed E-state index contributed by atoms with van der Waals surface area (Å²) < 4.78 is 16.6. The van der Waals surface area contributed by atoms with E-state index >= 15 is 0 Å². The lowest BCUT2D eigenvalue weighted by Crippen LogP contribution is -2.54. The molecule has 2 fully saturated rings. The lowest BCUT2D eigenvalue weighted by atomic mass is 9.99. The predicted molar refractivity (Wildman–Crippen MR) is 68.6 cm³/mol. The number of aliphatic hydroxyl groups excluding tert-OH is 1. The Hall–Kier alpha value is -1.63. The molecule has 0 saturated carbocycles. The summed E-state index contributed by atoms with van der Waals surface area (Å²) >= 11 is 0. The third kappa shape index (κ3) is 2.49. The highest BCUT2D eigenvalue weighted by atomic mass is 16.7. The minimum atomic E-state index is -0.868. The molecule has 1 N–H and O–H groups in total. The molecule has 0 aromatic heterocycles. The van der Waals surface area contributed by atoms with Crippen molar-refractivity contribution >= 4 is 0 Å². The topological polar surface area (TPSA) is 96.7 Å². The van der Waals surface area contributed by atoms with Crippen molar-refractivity contribution in [2.75, 3.05) is 6.61 Å². The van der Waals surface area contributed by atoms with Crippen LogP contribution in [0, 0.1) is 0 Å². The summed E-state index contributed by atoms with van der Waals surface area (Å²) in [4.78, 5) is 2.79. The summed E-state index contributed by atoms with van der Waals surface area (Å²) in [6.45, 7) is 0.619. The molecule has 3 rings (SSSR count). The van der Waals surface area contributed by atoms with Gasteiger partial charge in [-0.15, -0.1) is 0 Å². The van der Waals surface area contributed by atoms with Crippen molar-refractivity contribution in [2.24, 2.45) is 5.11 Å². The van der Waals surface area contributed by atoms with Crippen LogP contribution in [-0.4, -0.2) is 42.4 Å². The van der Waals surface area contributed by atoms with Gasteiger partial charge in [-0.05, 0) is 11.1 Å². The highest BCUT2D eigenvalue weighted by Gasteiger charge is 2.50. The maximum Gasteiger partial charge on any atom is 0.169 e. The molecule has 0 spiro atoms. The van der Waals surface area contributed by atoms with Gasteiger partial charge in [0.1, 0.15) is 18.2 Å². The van der Waals surface area contributed by atoms with Crippen molar-refractivity contribution in [2.45, 2.75) is 37.3 Å². The summed E-state index contributed by atoms with van der Waals surface area (Å²) in [5.74, 6) is 0. The Morgan fingerprint density at radius 1 is 1.40 bits per heavy atom. The number of hydrogen-bond acceptors (Lipinski definition) is 5. The summed E-state index contributed by atoms with van der Waals surface area (Å²) in [5.41, 5.74) is 9.63. The first-order valence-corrected chi connectivity index (χ1v) is 6.44. The van der Waals surface area contributed by atoms with Crippen LogP contribution in [0.2, 0.25) is 0 Å². The number of rotatable bonds is 4. The molecule has 0 aliphatic carbocycles. The number of aliphatic hydroxyl groups is 1. The van der Waals surface area contributed by atoms with Crippen LogP contribution in [-0.2, 0) is 20.8 Å². The molecule has 20 heavy (non-hydrogen) atoms. The molecule has 1 aromatic carbocycles. The van der Waals surface area contributed by atoms with Crippen LogP contribution >= 0.6 is 0 Å². The smallest absolute Gasteiger partial charge is 0.169 e. The molecule has 7 nitrogen and oxygen atoms in total. The third-order valence-corrected chi connectivity index (χ3v) is 3.54. The van der Waals surface area contributed by atoms with Crippen LogP contribution < -0.4 is 0 Å². The van der Waals surface area contributed by atoms with Crippen LogP contribution in [0.25, 0.3) is 10.4 Å². The van der Waals surface area contributed by atoms with E-state index in [4.69, 9.17) is 19.7 Å². The molecule has 2 heterocycles. The number of fused-ring (bicyclic) bond motifs is 2. The molecule has 5 atom stereocenters. The Kier molecular flexibility index (Phi) is 3.86. The molecular formula is C13H15N3O4. The summed E-state index contributed by atoms with van der Waals surface area (Å²) in [5, 5.41) is 13.9. The second kappa shape index (κ2) is 5.78.